The Hall–Kier alpha value is -1.22. The van der Waals surface area contributed by atoms with Crippen LogP contribution >= 0.6 is 11.6 Å². The average molecular weight is 241 g/mol. The Morgan fingerprint density at radius 3 is 2.81 bits per heavy atom. The van der Waals surface area contributed by atoms with Gasteiger partial charge in [0, 0.05) is 12.1 Å². The highest BCUT2D eigenvalue weighted by atomic mass is 35.5. The van der Waals surface area contributed by atoms with Crippen LogP contribution in [0, 0.1) is 5.92 Å². The molecule has 0 fully saturated rings. The molecule has 0 saturated heterocycles. The van der Waals surface area contributed by atoms with Gasteiger partial charge < -0.3 is 11.1 Å². The van der Waals surface area contributed by atoms with E-state index >= 15 is 0 Å². The van der Waals surface area contributed by atoms with Crippen LogP contribution < -0.4 is 11.1 Å². The van der Waals surface area contributed by atoms with E-state index in [9.17, 15) is 4.79 Å². The molecule has 1 atom stereocenters. The number of carbonyl (C=O) groups excluding carboxylic acids is 1. The Kier molecular flexibility index (Phi) is 4.62. The van der Waals surface area contributed by atoms with Crippen molar-refractivity contribution in [1.29, 1.82) is 0 Å². The summed E-state index contributed by atoms with van der Waals surface area (Å²) in [5.41, 5.74) is 6.60. The molecule has 3 N–H and O–H groups in total. The van der Waals surface area contributed by atoms with Gasteiger partial charge in [0.25, 0.3) is 5.91 Å². The largest absolute Gasteiger partial charge is 0.398 e. The average Bonchev–Trinajstić information content (AvgIpc) is 2.29. The molecule has 1 rings (SSSR count). The monoisotopic (exact) mass is 240 g/mol. The van der Waals surface area contributed by atoms with E-state index in [2.05, 4.69) is 19.2 Å². The number of benzene rings is 1. The van der Waals surface area contributed by atoms with E-state index in [1.54, 1.807) is 18.2 Å². The van der Waals surface area contributed by atoms with Crippen molar-refractivity contribution < 1.29 is 4.79 Å². The lowest BCUT2D eigenvalue weighted by Gasteiger charge is -2.10. The number of halogens is 1. The molecule has 0 heterocycles. The first-order chi connectivity index (χ1) is 7.54. The van der Waals surface area contributed by atoms with E-state index in [1.165, 1.54) is 0 Å². The van der Waals surface area contributed by atoms with Crippen LogP contribution in [0.1, 0.15) is 30.6 Å². The van der Waals surface area contributed by atoms with Gasteiger partial charge in [-0.05, 0) is 24.1 Å². The second-order valence-corrected chi connectivity index (χ2v) is 4.37. The maximum Gasteiger partial charge on any atom is 0.251 e. The van der Waals surface area contributed by atoms with Gasteiger partial charge in [0.05, 0.1) is 10.7 Å². The minimum absolute atomic E-state index is 0.109. The van der Waals surface area contributed by atoms with Gasteiger partial charge in [-0.25, -0.2) is 0 Å². The number of anilines is 1. The number of carbonyl (C=O) groups is 1. The molecule has 0 aromatic heterocycles. The zero-order chi connectivity index (χ0) is 12.1. The third-order valence-corrected chi connectivity index (χ3v) is 2.90. The maximum absolute atomic E-state index is 11.7. The third kappa shape index (κ3) is 3.42. The molecule has 0 aliphatic rings. The van der Waals surface area contributed by atoms with Crippen molar-refractivity contribution in [3.05, 3.63) is 28.8 Å². The smallest absolute Gasteiger partial charge is 0.251 e. The van der Waals surface area contributed by atoms with Crippen molar-refractivity contribution in [3.63, 3.8) is 0 Å². The molecule has 16 heavy (non-hydrogen) atoms. The lowest BCUT2D eigenvalue weighted by Crippen LogP contribution is -2.28. The highest BCUT2D eigenvalue weighted by Gasteiger charge is 2.08. The fourth-order valence-corrected chi connectivity index (χ4v) is 1.36. The molecule has 3 nitrogen and oxygen atoms in total. The lowest BCUT2D eigenvalue weighted by atomic mass is 10.1. The molecule has 88 valence electrons. The van der Waals surface area contributed by atoms with E-state index in [4.69, 9.17) is 17.3 Å². The summed E-state index contributed by atoms with van der Waals surface area (Å²) in [5.74, 6) is 0.371. The summed E-state index contributed by atoms with van der Waals surface area (Å²) < 4.78 is 0. The number of nitrogens with one attached hydrogen (secondary N) is 1. The minimum Gasteiger partial charge on any atom is -0.398 e. The normalized spacial score (nSPS) is 12.2. The SMILES string of the molecule is CCC(C)CNC(=O)c1ccc(N)c(Cl)c1. The number of hydrogen-bond acceptors (Lipinski definition) is 2. The van der Waals surface area contributed by atoms with E-state index in [0.717, 1.165) is 6.42 Å². The summed E-state index contributed by atoms with van der Waals surface area (Å²) in [7, 11) is 0. The fraction of sp³-hybridized carbons (Fsp3) is 0.417. The van der Waals surface area contributed by atoms with Crippen molar-refractivity contribution in [2.24, 2.45) is 5.92 Å². The molecule has 0 aliphatic carbocycles. The summed E-state index contributed by atoms with van der Waals surface area (Å²) in [4.78, 5) is 11.7. The van der Waals surface area contributed by atoms with E-state index in [0.29, 0.717) is 28.7 Å². The standard InChI is InChI=1S/C12H17ClN2O/c1-3-8(2)7-15-12(16)9-4-5-11(14)10(13)6-9/h4-6,8H,3,7,14H2,1-2H3,(H,15,16). The lowest BCUT2D eigenvalue weighted by molar-refractivity contribution is 0.0948. The van der Waals surface area contributed by atoms with Crippen LogP contribution in [0.4, 0.5) is 5.69 Å². The first kappa shape index (κ1) is 12.8. The summed E-state index contributed by atoms with van der Waals surface area (Å²) in [6.45, 7) is 4.87. The molecule has 0 saturated carbocycles. The summed E-state index contributed by atoms with van der Waals surface area (Å²) in [6, 6.07) is 4.90. The molecule has 0 radical (unpaired) electrons. The van der Waals surface area contributed by atoms with Crippen LogP contribution in [-0.4, -0.2) is 12.5 Å². The van der Waals surface area contributed by atoms with Crippen molar-refractivity contribution in [2.45, 2.75) is 20.3 Å². The van der Waals surface area contributed by atoms with Gasteiger partial charge in [-0.15, -0.1) is 0 Å². The maximum atomic E-state index is 11.7. The topological polar surface area (TPSA) is 55.1 Å². The van der Waals surface area contributed by atoms with Crippen LogP contribution in [0.5, 0.6) is 0 Å². The Morgan fingerprint density at radius 1 is 1.56 bits per heavy atom. The van der Waals surface area contributed by atoms with E-state index < -0.39 is 0 Å². The number of hydrogen-bond donors (Lipinski definition) is 2. The van der Waals surface area contributed by atoms with Crippen LogP contribution in [0.25, 0.3) is 0 Å². The summed E-state index contributed by atoms with van der Waals surface area (Å²) in [5, 5.41) is 3.27. The summed E-state index contributed by atoms with van der Waals surface area (Å²) in [6.07, 6.45) is 1.04. The van der Waals surface area contributed by atoms with E-state index in [-0.39, 0.29) is 5.91 Å². The van der Waals surface area contributed by atoms with Gasteiger partial charge in [0.2, 0.25) is 0 Å². The molecule has 0 aliphatic heterocycles. The molecule has 1 amide bonds. The summed E-state index contributed by atoms with van der Waals surface area (Å²) >= 11 is 5.84. The predicted molar refractivity (Wildman–Crippen MR) is 67.7 cm³/mol. The van der Waals surface area contributed by atoms with Crippen LogP contribution in [0.3, 0.4) is 0 Å². The van der Waals surface area contributed by atoms with Crippen molar-refractivity contribution >= 4 is 23.2 Å². The first-order valence-corrected chi connectivity index (χ1v) is 5.75. The molecular weight excluding hydrogens is 224 g/mol. The number of amides is 1. The first-order valence-electron chi connectivity index (χ1n) is 5.37. The van der Waals surface area contributed by atoms with Gasteiger partial charge in [-0.3, -0.25) is 4.79 Å². The zero-order valence-electron chi connectivity index (χ0n) is 9.59. The quantitative estimate of drug-likeness (QED) is 0.795. The van der Waals surface area contributed by atoms with Crippen LogP contribution in [0.15, 0.2) is 18.2 Å². The van der Waals surface area contributed by atoms with Crippen LogP contribution in [0.2, 0.25) is 5.02 Å². The Labute approximate surface area is 101 Å². The van der Waals surface area contributed by atoms with Crippen LogP contribution in [-0.2, 0) is 0 Å². The molecule has 0 bridgehead atoms. The van der Waals surface area contributed by atoms with Gasteiger partial charge in [0.15, 0.2) is 0 Å². The third-order valence-electron chi connectivity index (χ3n) is 2.57. The second kappa shape index (κ2) is 5.75. The number of nitrogen functional groups attached to an aromatic ring is 1. The molecular formula is C12H17ClN2O. The number of nitrogens with two attached hydrogens (primary N) is 1. The van der Waals surface area contributed by atoms with Gasteiger partial charge in [0.1, 0.15) is 0 Å². The second-order valence-electron chi connectivity index (χ2n) is 3.96. The Morgan fingerprint density at radius 2 is 2.25 bits per heavy atom. The molecule has 4 heteroatoms. The zero-order valence-corrected chi connectivity index (χ0v) is 10.3. The predicted octanol–water partition coefficient (Wildman–Crippen LogP) is 2.70. The molecule has 1 aromatic rings. The van der Waals surface area contributed by atoms with Crippen molar-refractivity contribution in [1.82, 2.24) is 5.32 Å². The molecule has 0 spiro atoms. The van der Waals surface area contributed by atoms with E-state index in [1.807, 2.05) is 0 Å². The van der Waals surface area contributed by atoms with Gasteiger partial charge in [-0.1, -0.05) is 31.9 Å². The minimum atomic E-state index is -0.109. The molecule has 1 unspecified atom stereocenters. The Balaban J connectivity index is 2.63. The molecule has 1 aromatic carbocycles. The highest BCUT2D eigenvalue weighted by molar-refractivity contribution is 6.33. The number of rotatable bonds is 4. The fourth-order valence-electron chi connectivity index (χ4n) is 1.18. The van der Waals surface area contributed by atoms with Gasteiger partial charge >= 0.3 is 0 Å². The Bertz CT molecular complexity index is 379. The van der Waals surface area contributed by atoms with Crippen molar-refractivity contribution in [2.75, 3.05) is 12.3 Å². The highest BCUT2D eigenvalue weighted by Crippen LogP contribution is 2.19. The van der Waals surface area contributed by atoms with Crippen molar-refractivity contribution in [3.8, 4) is 0 Å². The van der Waals surface area contributed by atoms with Gasteiger partial charge in [-0.2, -0.15) is 0 Å².